The van der Waals surface area contributed by atoms with Gasteiger partial charge in [-0.15, -0.1) is 22.7 Å². The van der Waals surface area contributed by atoms with Crippen LogP contribution in [-0.4, -0.2) is 37.0 Å². The van der Waals surface area contributed by atoms with E-state index in [0.29, 0.717) is 9.75 Å². The molecule has 2 aromatic rings. The van der Waals surface area contributed by atoms with Crippen LogP contribution in [-0.2, 0) is 19.1 Å². The van der Waals surface area contributed by atoms with Gasteiger partial charge in [0.2, 0.25) is 0 Å². The smallest absolute Gasteiger partial charge is 0.348 e. The molecule has 126 valence electrons. The fraction of sp³-hybridized carbons (Fsp3) is 0.143. The topological polar surface area (TPSA) is 139 Å². The Hall–Kier alpha value is -2.72. The molecular formula is C14H12N2O6S2. The van der Waals surface area contributed by atoms with Crippen molar-refractivity contribution in [2.24, 2.45) is 11.5 Å². The fourth-order valence-corrected chi connectivity index (χ4v) is 3.47. The van der Waals surface area contributed by atoms with Gasteiger partial charge in [0.25, 0.3) is 11.8 Å². The molecule has 0 saturated carbocycles. The van der Waals surface area contributed by atoms with Crippen LogP contribution in [0.25, 0.3) is 9.75 Å². The lowest BCUT2D eigenvalue weighted by Gasteiger charge is -1.99. The van der Waals surface area contributed by atoms with Crippen molar-refractivity contribution < 1.29 is 28.7 Å². The number of carbonyl (C=O) groups excluding carboxylic acids is 4. The highest BCUT2D eigenvalue weighted by Crippen LogP contribution is 2.34. The second-order valence-electron chi connectivity index (χ2n) is 4.41. The Labute approximate surface area is 144 Å². The summed E-state index contributed by atoms with van der Waals surface area (Å²) in [5.41, 5.74) is 9.81. The van der Waals surface area contributed by atoms with Gasteiger partial charge in [-0.05, 0) is 24.3 Å². The number of hydrogen-bond donors (Lipinski definition) is 2. The van der Waals surface area contributed by atoms with Crippen molar-refractivity contribution in [1.82, 2.24) is 0 Å². The number of nitrogens with two attached hydrogens (primary N) is 2. The molecule has 0 radical (unpaired) electrons. The van der Waals surface area contributed by atoms with Crippen molar-refractivity contribution in [3.8, 4) is 9.75 Å². The van der Waals surface area contributed by atoms with Crippen molar-refractivity contribution in [3.63, 3.8) is 0 Å². The minimum absolute atomic E-state index is 0.303. The minimum atomic E-state index is -0.738. The zero-order valence-electron chi connectivity index (χ0n) is 12.1. The van der Waals surface area contributed by atoms with E-state index in [1.54, 1.807) is 24.3 Å². The van der Waals surface area contributed by atoms with E-state index in [9.17, 15) is 19.2 Å². The number of carbonyl (C=O) groups is 4. The highest BCUT2D eigenvalue weighted by atomic mass is 32.1. The zero-order valence-corrected chi connectivity index (χ0v) is 13.8. The first-order valence-electron chi connectivity index (χ1n) is 6.47. The van der Waals surface area contributed by atoms with Gasteiger partial charge in [0, 0.05) is 9.75 Å². The SMILES string of the molecule is NC(=O)COC(=O)c1ccc(-c2ccc(C(=O)OCC(N)=O)s2)s1. The lowest BCUT2D eigenvalue weighted by atomic mass is 10.3. The highest BCUT2D eigenvalue weighted by molar-refractivity contribution is 7.23. The summed E-state index contributed by atoms with van der Waals surface area (Å²) in [6.45, 7) is -0.970. The molecule has 2 rings (SSSR count). The van der Waals surface area contributed by atoms with Gasteiger partial charge < -0.3 is 20.9 Å². The molecule has 0 aliphatic rings. The molecule has 2 aromatic heterocycles. The molecule has 8 nitrogen and oxygen atoms in total. The number of primary amides is 2. The van der Waals surface area contributed by atoms with Gasteiger partial charge in [0.05, 0.1) is 0 Å². The Bertz CT molecular complexity index is 729. The minimum Gasteiger partial charge on any atom is -0.451 e. The molecule has 0 atom stereocenters. The quantitative estimate of drug-likeness (QED) is 0.692. The van der Waals surface area contributed by atoms with E-state index in [0.717, 1.165) is 32.4 Å². The molecule has 10 heteroatoms. The van der Waals surface area contributed by atoms with Crippen LogP contribution < -0.4 is 11.5 Å². The number of thiophene rings is 2. The summed E-state index contributed by atoms with van der Waals surface area (Å²) >= 11 is 2.29. The second-order valence-corrected chi connectivity index (χ2v) is 6.58. The fourth-order valence-electron chi connectivity index (χ4n) is 1.58. The largest absolute Gasteiger partial charge is 0.451 e. The molecule has 0 fully saturated rings. The third kappa shape index (κ3) is 4.64. The normalized spacial score (nSPS) is 10.2. The molecule has 0 aliphatic carbocycles. The van der Waals surface area contributed by atoms with Gasteiger partial charge in [0.1, 0.15) is 9.75 Å². The molecular weight excluding hydrogens is 356 g/mol. The van der Waals surface area contributed by atoms with E-state index in [1.807, 2.05) is 0 Å². The Balaban J connectivity index is 2.05. The summed E-state index contributed by atoms with van der Waals surface area (Å²) in [5.74, 6) is -2.78. The first-order valence-corrected chi connectivity index (χ1v) is 8.11. The van der Waals surface area contributed by atoms with Crippen LogP contribution in [0.2, 0.25) is 0 Å². The van der Waals surface area contributed by atoms with Crippen molar-refractivity contribution in [3.05, 3.63) is 34.0 Å². The van der Waals surface area contributed by atoms with Crippen molar-refractivity contribution in [1.29, 1.82) is 0 Å². The summed E-state index contributed by atoms with van der Waals surface area (Å²) in [4.78, 5) is 46.7. The number of amides is 2. The average Bonchev–Trinajstić information content (AvgIpc) is 3.18. The third-order valence-corrected chi connectivity index (χ3v) is 4.87. The van der Waals surface area contributed by atoms with Crippen molar-refractivity contribution in [2.45, 2.75) is 0 Å². The van der Waals surface area contributed by atoms with Crippen molar-refractivity contribution in [2.75, 3.05) is 13.2 Å². The molecule has 24 heavy (non-hydrogen) atoms. The third-order valence-electron chi connectivity index (χ3n) is 2.55. The van der Waals surface area contributed by atoms with E-state index in [2.05, 4.69) is 0 Å². The standard InChI is InChI=1S/C14H12N2O6S2/c15-11(17)5-21-13(19)9-3-1-7(23-9)8-2-4-10(24-8)14(20)22-6-12(16)18/h1-4H,5-6H2,(H2,15,17)(H2,16,18). The van der Waals surface area contributed by atoms with Gasteiger partial charge in [-0.2, -0.15) is 0 Å². The van der Waals surface area contributed by atoms with Crippen LogP contribution in [0.3, 0.4) is 0 Å². The number of ether oxygens (including phenoxy) is 2. The second kappa shape index (κ2) is 7.70. The molecule has 4 N–H and O–H groups in total. The van der Waals surface area contributed by atoms with Crippen LogP contribution in [0.15, 0.2) is 24.3 Å². The molecule has 2 heterocycles. The van der Waals surface area contributed by atoms with Gasteiger partial charge in [-0.3, -0.25) is 9.59 Å². The summed E-state index contributed by atoms with van der Waals surface area (Å²) in [5, 5.41) is 0. The predicted molar refractivity (Wildman–Crippen MR) is 86.6 cm³/mol. The van der Waals surface area contributed by atoms with Crippen LogP contribution >= 0.6 is 22.7 Å². The van der Waals surface area contributed by atoms with Gasteiger partial charge in [0.15, 0.2) is 13.2 Å². The van der Waals surface area contributed by atoms with E-state index in [4.69, 9.17) is 20.9 Å². The van der Waals surface area contributed by atoms with Crippen LogP contribution in [0.4, 0.5) is 0 Å². The molecule has 0 spiro atoms. The lowest BCUT2D eigenvalue weighted by Crippen LogP contribution is -2.20. The van der Waals surface area contributed by atoms with Crippen LogP contribution in [0, 0.1) is 0 Å². The monoisotopic (exact) mass is 368 g/mol. The van der Waals surface area contributed by atoms with Crippen LogP contribution in [0.1, 0.15) is 19.3 Å². The van der Waals surface area contributed by atoms with Gasteiger partial charge >= 0.3 is 11.9 Å². The maximum Gasteiger partial charge on any atom is 0.348 e. The number of esters is 2. The Morgan fingerprint density at radius 2 is 1.12 bits per heavy atom. The summed E-state index contributed by atoms with van der Waals surface area (Å²) < 4.78 is 9.44. The molecule has 0 aliphatic heterocycles. The summed E-state index contributed by atoms with van der Waals surface area (Å²) in [6.07, 6.45) is 0. The Morgan fingerprint density at radius 1 is 0.750 bits per heavy atom. The Kier molecular flexibility index (Phi) is 5.66. The molecule has 0 bridgehead atoms. The van der Waals surface area contributed by atoms with Crippen LogP contribution in [0.5, 0.6) is 0 Å². The molecule has 0 aromatic carbocycles. The van der Waals surface area contributed by atoms with E-state index in [1.165, 1.54) is 0 Å². The van der Waals surface area contributed by atoms with Gasteiger partial charge in [-0.1, -0.05) is 0 Å². The first kappa shape index (κ1) is 17.6. The maximum atomic E-state index is 11.7. The van der Waals surface area contributed by atoms with E-state index >= 15 is 0 Å². The maximum absolute atomic E-state index is 11.7. The number of hydrogen-bond acceptors (Lipinski definition) is 8. The Morgan fingerprint density at radius 3 is 1.46 bits per heavy atom. The average molecular weight is 368 g/mol. The molecule has 0 saturated heterocycles. The van der Waals surface area contributed by atoms with E-state index in [-0.39, 0.29) is 0 Å². The summed E-state index contributed by atoms with van der Waals surface area (Å²) in [6, 6.07) is 6.48. The predicted octanol–water partition coefficient (Wildman–Crippen LogP) is 0.761. The zero-order chi connectivity index (χ0) is 17.7. The van der Waals surface area contributed by atoms with Crippen molar-refractivity contribution >= 4 is 46.4 Å². The molecule has 0 unspecified atom stereocenters. The highest BCUT2D eigenvalue weighted by Gasteiger charge is 2.16. The lowest BCUT2D eigenvalue weighted by molar-refractivity contribution is -0.121. The summed E-state index contributed by atoms with van der Waals surface area (Å²) in [7, 11) is 0. The first-order chi connectivity index (χ1) is 11.4. The van der Waals surface area contributed by atoms with Gasteiger partial charge in [-0.25, -0.2) is 9.59 Å². The number of rotatable bonds is 7. The van der Waals surface area contributed by atoms with E-state index < -0.39 is 37.0 Å². The molecule has 2 amide bonds.